The number of fused-ring (bicyclic) bond motifs is 1. The fourth-order valence-corrected chi connectivity index (χ4v) is 5.19. The Bertz CT molecular complexity index is 1650. The van der Waals surface area contributed by atoms with Gasteiger partial charge in [0.2, 0.25) is 0 Å². The molecule has 0 bridgehead atoms. The summed E-state index contributed by atoms with van der Waals surface area (Å²) in [6, 6.07) is 8.37. The Kier molecular flexibility index (Phi) is 5.29. The largest absolute Gasteiger partial charge is 0.343 e. The molecule has 2 aromatic carbocycles. The maximum atomic E-state index is 15.5. The average molecular weight is 501 g/mol. The average Bonchev–Trinajstić information content (AvgIpc) is 3.47. The molecule has 0 aliphatic heterocycles. The first kappa shape index (κ1) is 22.0. The number of hydrogen-bond donors (Lipinski definition) is 3. The summed E-state index contributed by atoms with van der Waals surface area (Å²) in [7, 11) is -4.31. The van der Waals surface area contributed by atoms with Crippen molar-refractivity contribution in [2.75, 3.05) is 4.72 Å². The molecular formula is C22H15ClF2N6O2S. The second kappa shape index (κ2) is 8.19. The van der Waals surface area contributed by atoms with Crippen LogP contribution in [0.15, 0.2) is 59.9 Å². The van der Waals surface area contributed by atoms with Crippen molar-refractivity contribution in [1.29, 1.82) is 0 Å². The quantitative estimate of drug-likeness (QED) is 0.312. The van der Waals surface area contributed by atoms with Crippen molar-refractivity contribution in [2.45, 2.75) is 11.8 Å². The van der Waals surface area contributed by atoms with Gasteiger partial charge in [0.05, 0.1) is 28.1 Å². The van der Waals surface area contributed by atoms with Crippen molar-refractivity contribution in [3.05, 3.63) is 77.3 Å². The molecule has 3 N–H and O–H groups in total. The lowest BCUT2D eigenvalue weighted by molar-refractivity contribution is 0.589. The molecule has 172 valence electrons. The second-order valence-electron chi connectivity index (χ2n) is 7.37. The van der Waals surface area contributed by atoms with Crippen LogP contribution < -0.4 is 4.72 Å². The maximum Gasteiger partial charge on any atom is 0.263 e. The summed E-state index contributed by atoms with van der Waals surface area (Å²) < 4.78 is 56.8. The van der Waals surface area contributed by atoms with Gasteiger partial charge in [-0.05, 0) is 25.1 Å². The van der Waals surface area contributed by atoms with Gasteiger partial charge in [-0.1, -0.05) is 29.8 Å². The monoisotopic (exact) mass is 500 g/mol. The predicted molar refractivity (Wildman–Crippen MR) is 124 cm³/mol. The highest BCUT2D eigenvalue weighted by Gasteiger charge is 2.23. The molecule has 34 heavy (non-hydrogen) atoms. The van der Waals surface area contributed by atoms with Crippen molar-refractivity contribution < 1.29 is 17.2 Å². The highest BCUT2D eigenvalue weighted by atomic mass is 35.5. The minimum Gasteiger partial charge on any atom is -0.343 e. The summed E-state index contributed by atoms with van der Waals surface area (Å²) in [5, 5.41) is 7.96. The minimum atomic E-state index is -4.31. The molecule has 0 atom stereocenters. The predicted octanol–water partition coefficient (Wildman–Crippen LogP) is 5.06. The SMILES string of the molecule is Cc1ncc(F)cc1S(=O)(=O)Nc1cccc(-c2ccc3c(-c4ncc[nH]4)n[nH]c3c2Cl)c1F. The summed E-state index contributed by atoms with van der Waals surface area (Å²) in [6.07, 6.45) is 4.16. The standard InChI is InChI=1S/C22H15ClF2N6O2S/c1-11-17(9-12(24)10-28-11)34(32,33)31-16-4-2-3-14(19(16)25)13-5-6-15-20(18(13)23)29-30-21(15)22-26-7-8-27-22/h2-10,31H,1H3,(H,26,27)(H,29,30). The van der Waals surface area contributed by atoms with Crippen molar-refractivity contribution >= 4 is 38.2 Å². The van der Waals surface area contributed by atoms with E-state index in [2.05, 4.69) is 29.9 Å². The van der Waals surface area contributed by atoms with Crippen LogP contribution in [0.1, 0.15) is 5.69 Å². The van der Waals surface area contributed by atoms with Crippen LogP contribution in [0.5, 0.6) is 0 Å². The Labute approximate surface area is 197 Å². The van der Waals surface area contributed by atoms with E-state index in [0.29, 0.717) is 28.0 Å². The fraction of sp³-hybridized carbons (Fsp3) is 0.0455. The Morgan fingerprint density at radius 3 is 2.68 bits per heavy atom. The van der Waals surface area contributed by atoms with Gasteiger partial charge in [-0.25, -0.2) is 22.2 Å². The number of hydrogen-bond acceptors (Lipinski definition) is 5. The van der Waals surface area contributed by atoms with E-state index in [1.54, 1.807) is 24.5 Å². The number of benzene rings is 2. The normalized spacial score (nSPS) is 11.8. The lowest BCUT2D eigenvalue weighted by atomic mass is 10.0. The van der Waals surface area contributed by atoms with Crippen LogP contribution in [0, 0.1) is 18.6 Å². The van der Waals surface area contributed by atoms with Crippen LogP contribution in [-0.4, -0.2) is 33.6 Å². The van der Waals surface area contributed by atoms with Crippen molar-refractivity contribution in [1.82, 2.24) is 25.1 Å². The molecule has 0 aliphatic carbocycles. The highest BCUT2D eigenvalue weighted by molar-refractivity contribution is 7.92. The summed E-state index contributed by atoms with van der Waals surface area (Å²) in [5.41, 5.74) is 1.16. The van der Waals surface area contributed by atoms with Crippen LogP contribution >= 0.6 is 11.6 Å². The topological polar surface area (TPSA) is 116 Å². The molecule has 12 heteroatoms. The molecule has 5 aromatic rings. The Morgan fingerprint density at radius 1 is 1.09 bits per heavy atom. The Hall–Kier alpha value is -3.83. The van der Waals surface area contributed by atoms with Crippen LogP contribution in [-0.2, 0) is 10.0 Å². The summed E-state index contributed by atoms with van der Waals surface area (Å²) in [6.45, 7) is 1.41. The van der Waals surface area contributed by atoms with E-state index in [0.717, 1.165) is 12.3 Å². The first-order valence-electron chi connectivity index (χ1n) is 9.86. The Balaban J connectivity index is 1.57. The molecule has 3 heterocycles. The van der Waals surface area contributed by atoms with Gasteiger partial charge < -0.3 is 4.98 Å². The molecular weight excluding hydrogens is 486 g/mol. The Morgan fingerprint density at radius 2 is 1.91 bits per heavy atom. The molecule has 0 saturated heterocycles. The van der Waals surface area contributed by atoms with Gasteiger partial charge in [0.25, 0.3) is 10.0 Å². The lowest BCUT2D eigenvalue weighted by Crippen LogP contribution is -2.16. The highest BCUT2D eigenvalue weighted by Crippen LogP contribution is 2.38. The summed E-state index contributed by atoms with van der Waals surface area (Å²) in [5.74, 6) is -1.13. The van der Waals surface area contributed by atoms with Gasteiger partial charge in [-0.15, -0.1) is 0 Å². The zero-order valence-corrected chi connectivity index (χ0v) is 19.0. The zero-order chi connectivity index (χ0) is 24.0. The lowest BCUT2D eigenvalue weighted by Gasteiger charge is -2.13. The van der Waals surface area contributed by atoms with E-state index in [1.165, 1.54) is 25.1 Å². The number of aromatic amines is 2. The fourth-order valence-electron chi connectivity index (χ4n) is 3.62. The number of anilines is 1. The van der Waals surface area contributed by atoms with Gasteiger partial charge in [0.15, 0.2) is 11.6 Å². The van der Waals surface area contributed by atoms with E-state index < -0.39 is 21.7 Å². The molecule has 0 amide bonds. The molecule has 3 aromatic heterocycles. The number of nitrogens with one attached hydrogen (secondary N) is 3. The first-order valence-corrected chi connectivity index (χ1v) is 11.7. The number of aromatic nitrogens is 5. The molecule has 0 unspecified atom stereocenters. The van der Waals surface area contributed by atoms with Gasteiger partial charge in [0.1, 0.15) is 16.4 Å². The number of nitrogens with zero attached hydrogens (tertiary/aromatic N) is 3. The number of pyridine rings is 1. The molecule has 0 fully saturated rings. The van der Waals surface area contributed by atoms with E-state index in [-0.39, 0.29) is 26.9 Å². The number of H-pyrrole nitrogens is 2. The molecule has 5 rings (SSSR count). The maximum absolute atomic E-state index is 15.5. The number of aryl methyl sites for hydroxylation is 1. The smallest absolute Gasteiger partial charge is 0.263 e. The molecule has 0 saturated carbocycles. The van der Waals surface area contributed by atoms with Crippen molar-refractivity contribution in [2.24, 2.45) is 0 Å². The van der Waals surface area contributed by atoms with Gasteiger partial charge in [-0.2, -0.15) is 5.10 Å². The third-order valence-corrected chi connectivity index (χ3v) is 7.10. The number of sulfonamides is 1. The van der Waals surface area contributed by atoms with Crippen LogP contribution in [0.3, 0.4) is 0 Å². The van der Waals surface area contributed by atoms with E-state index in [4.69, 9.17) is 11.6 Å². The van der Waals surface area contributed by atoms with Gasteiger partial charge >= 0.3 is 0 Å². The van der Waals surface area contributed by atoms with E-state index in [1.807, 2.05) is 0 Å². The third kappa shape index (κ3) is 3.68. The van der Waals surface area contributed by atoms with E-state index >= 15 is 4.39 Å². The molecule has 0 radical (unpaired) electrons. The van der Waals surface area contributed by atoms with E-state index in [9.17, 15) is 12.8 Å². The molecule has 0 spiro atoms. The van der Waals surface area contributed by atoms with Gasteiger partial charge in [-0.3, -0.25) is 14.8 Å². The molecule has 8 nitrogen and oxygen atoms in total. The molecule has 0 aliphatic rings. The van der Waals surface area contributed by atoms with Gasteiger partial charge in [0, 0.05) is 28.9 Å². The summed E-state index contributed by atoms with van der Waals surface area (Å²) >= 11 is 6.59. The number of halogens is 3. The second-order valence-corrected chi connectivity index (χ2v) is 9.40. The first-order chi connectivity index (χ1) is 16.3. The zero-order valence-electron chi connectivity index (χ0n) is 17.4. The van der Waals surface area contributed by atoms with Crippen LogP contribution in [0.2, 0.25) is 5.02 Å². The van der Waals surface area contributed by atoms with Crippen LogP contribution in [0.4, 0.5) is 14.5 Å². The third-order valence-electron chi connectivity index (χ3n) is 5.23. The van der Waals surface area contributed by atoms with Crippen molar-refractivity contribution in [3.63, 3.8) is 0 Å². The van der Waals surface area contributed by atoms with Crippen molar-refractivity contribution in [3.8, 4) is 22.6 Å². The number of imidazole rings is 1. The number of rotatable bonds is 5. The van der Waals surface area contributed by atoms with Crippen LogP contribution in [0.25, 0.3) is 33.5 Å². The minimum absolute atomic E-state index is 0.0651. The summed E-state index contributed by atoms with van der Waals surface area (Å²) in [4.78, 5) is 10.5.